The Bertz CT molecular complexity index is 577. The summed E-state index contributed by atoms with van der Waals surface area (Å²) in [5, 5.41) is 5.15. The first kappa shape index (κ1) is 14.0. The fourth-order valence-corrected chi connectivity index (χ4v) is 3.27. The van der Waals surface area contributed by atoms with Crippen molar-refractivity contribution >= 4 is 15.9 Å². The van der Waals surface area contributed by atoms with Crippen molar-refractivity contribution in [3.8, 4) is 0 Å². The minimum Gasteiger partial charge on any atom is -0.339 e. The molecule has 0 bridgehead atoms. The minimum absolute atomic E-state index is 0.107. The molecule has 0 radical (unpaired) electrons. The molecule has 0 heterocycles. The van der Waals surface area contributed by atoms with Gasteiger partial charge in [0, 0.05) is 13.1 Å². The maximum absolute atomic E-state index is 12.4. The zero-order chi connectivity index (χ0) is 14.0. The second kappa shape index (κ2) is 5.30. The molecule has 1 aliphatic carbocycles. The predicted molar refractivity (Wildman–Crippen MR) is 72.2 cm³/mol. The Labute approximate surface area is 113 Å². The van der Waals surface area contributed by atoms with Crippen molar-refractivity contribution in [2.75, 3.05) is 7.05 Å². The summed E-state index contributed by atoms with van der Waals surface area (Å²) in [5.41, 5.74) is 0.152. The SMILES string of the molecule is CN(C(=O)c1ccccc1S(N)(=O)=O)C1CCCC1. The van der Waals surface area contributed by atoms with Gasteiger partial charge < -0.3 is 4.90 Å². The minimum atomic E-state index is -3.88. The normalized spacial score (nSPS) is 16.5. The highest BCUT2D eigenvalue weighted by Gasteiger charge is 2.27. The quantitative estimate of drug-likeness (QED) is 0.908. The van der Waals surface area contributed by atoms with Crippen LogP contribution in [-0.4, -0.2) is 32.3 Å². The predicted octanol–water partition coefficient (Wildman–Crippen LogP) is 1.35. The van der Waals surface area contributed by atoms with E-state index in [9.17, 15) is 13.2 Å². The number of hydrogen-bond acceptors (Lipinski definition) is 3. The molecule has 2 N–H and O–H groups in total. The molecule has 19 heavy (non-hydrogen) atoms. The average molecular weight is 282 g/mol. The van der Waals surface area contributed by atoms with Crippen molar-refractivity contribution < 1.29 is 13.2 Å². The summed E-state index contributed by atoms with van der Waals surface area (Å²) < 4.78 is 23.0. The molecule has 0 spiro atoms. The summed E-state index contributed by atoms with van der Waals surface area (Å²) in [4.78, 5) is 13.9. The van der Waals surface area contributed by atoms with Crippen molar-refractivity contribution in [2.45, 2.75) is 36.6 Å². The second-order valence-electron chi connectivity index (χ2n) is 4.90. The standard InChI is InChI=1S/C13H18N2O3S/c1-15(10-6-2-3-7-10)13(16)11-8-4-5-9-12(11)19(14,17)18/h4-5,8-10H,2-3,6-7H2,1H3,(H2,14,17,18). The van der Waals surface area contributed by atoms with Gasteiger partial charge in [-0.15, -0.1) is 0 Å². The van der Waals surface area contributed by atoms with Crippen LogP contribution in [0.4, 0.5) is 0 Å². The van der Waals surface area contributed by atoms with Gasteiger partial charge in [-0.25, -0.2) is 13.6 Å². The maximum Gasteiger partial charge on any atom is 0.255 e. The van der Waals surface area contributed by atoms with Gasteiger partial charge in [-0.05, 0) is 25.0 Å². The van der Waals surface area contributed by atoms with Crippen molar-refractivity contribution in [3.63, 3.8) is 0 Å². The third-order valence-electron chi connectivity index (χ3n) is 3.62. The molecule has 0 aromatic heterocycles. The van der Waals surface area contributed by atoms with E-state index in [2.05, 4.69) is 0 Å². The maximum atomic E-state index is 12.4. The number of rotatable bonds is 3. The number of amides is 1. The van der Waals surface area contributed by atoms with Crippen LogP contribution in [0.5, 0.6) is 0 Å². The Balaban J connectivity index is 2.34. The molecule has 1 aromatic rings. The number of carbonyl (C=O) groups is 1. The molecule has 0 saturated heterocycles. The molecule has 1 fully saturated rings. The first-order valence-electron chi connectivity index (χ1n) is 6.30. The number of hydrogen-bond donors (Lipinski definition) is 1. The van der Waals surface area contributed by atoms with Gasteiger partial charge in [0.05, 0.1) is 10.5 Å². The molecule has 0 atom stereocenters. The second-order valence-corrected chi connectivity index (χ2v) is 6.43. The summed E-state index contributed by atoms with van der Waals surface area (Å²) in [7, 11) is -2.16. The van der Waals surface area contributed by atoms with Gasteiger partial charge in [-0.2, -0.15) is 0 Å². The van der Waals surface area contributed by atoms with E-state index in [1.165, 1.54) is 12.1 Å². The van der Waals surface area contributed by atoms with Crippen molar-refractivity contribution in [1.82, 2.24) is 4.90 Å². The van der Waals surface area contributed by atoms with Crippen LogP contribution in [0.25, 0.3) is 0 Å². The summed E-state index contributed by atoms with van der Waals surface area (Å²) in [6, 6.07) is 6.27. The van der Waals surface area contributed by atoms with Gasteiger partial charge in [0.1, 0.15) is 0 Å². The summed E-state index contributed by atoms with van der Waals surface area (Å²) >= 11 is 0. The summed E-state index contributed by atoms with van der Waals surface area (Å²) in [6.45, 7) is 0. The Morgan fingerprint density at radius 3 is 2.42 bits per heavy atom. The molecule has 1 saturated carbocycles. The number of nitrogens with zero attached hydrogens (tertiary/aromatic N) is 1. The average Bonchev–Trinajstić information content (AvgIpc) is 2.90. The fourth-order valence-electron chi connectivity index (χ4n) is 2.54. The number of primary sulfonamides is 1. The molecule has 6 heteroatoms. The molecule has 104 valence electrons. The van der Waals surface area contributed by atoms with Gasteiger partial charge >= 0.3 is 0 Å². The zero-order valence-corrected chi connectivity index (χ0v) is 11.7. The van der Waals surface area contributed by atoms with Crippen LogP contribution < -0.4 is 5.14 Å². The van der Waals surface area contributed by atoms with Crippen molar-refractivity contribution in [2.24, 2.45) is 5.14 Å². The molecule has 0 unspecified atom stereocenters. The van der Waals surface area contributed by atoms with Gasteiger partial charge in [-0.1, -0.05) is 25.0 Å². The molecule has 1 aliphatic rings. The van der Waals surface area contributed by atoms with Gasteiger partial charge in [-0.3, -0.25) is 4.79 Å². The number of benzene rings is 1. The van der Waals surface area contributed by atoms with E-state index in [0.717, 1.165) is 25.7 Å². The monoisotopic (exact) mass is 282 g/mol. The highest BCUT2D eigenvalue weighted by molar-refractivity contribution is 7.89. The molecule has 5 nitrogen and oxygen atoms in total. The van der Waals surface area contributed by atoms with E-state index in [1.807, 2.05) is 0 Å². The van der Waals surface area contributed by atoms with Gasteiger partial charge in [0.15, 0.2) is 0 Å². The third kappa shape index (κ3) is 2.96. The molecule has 1 aromatic carbocycles. The summed E-state index contributed by atoms with van der Waals surface area (Å²) in [5.74, 6) is -0.281. The zero-order valence-electron chi connectivity index (χ0n) is 10.9. The van der Waals surface area contributed by atoms with Crippen LogP contribution >= 0.6 is 0 Å². The molecule has 2 rings (SSSR count). The number of nitrogens with two attached hydrogens (primary N) is 1. The molecule has 0 aliphatic heterocycles. The molecule has 1 amide bonds. The van der Waals surface area contributed by atoms with E-state index in [1.54, 1.807) is 24.1 Å². The number of sulfonamides is 1. The Morgan fingerprint density at radius 2 is 1.84 bits per heavy atom. The Hall–Kier alpha value is -1.40. The lowest BCUT2D eigenvalue weighted by Crippen LogP contribution is -2.36. The van der Waals surface area contributed by atoms with Crippen molar-refractivity contribution in [3.05, 3.63) is 29.8 Å². The van der Waals surface area contributed by atoms with Gasteiger partial charge in [0.2, 0.25) is 10.0 Å². The van der Waals surface area contributed by atoms with Crippen LogP contribution in [0, 0.1) is 0 Å². The highest BCUT2D eigenvalue weighted by atomic mass is 32.2. The van der Waals surface area contributed by atoms with E-state index in [4.69, 9.17) is 5.14 Å². The Kier molecular flexibility index (Phi) is 3.91. The molecular weight excluding hydrogens is 264 g/mol. The summed E-state index contributed by atoms with van der Waals surface area (Å²) in [6.07, 6.45) is 4.16. The highest BCUT2D eigenvalue weighted by Crippen LogP contribution is 2.25. The molecular formula is C13H18N2O3S. The Morgan fingerprint density at radius 1 is 1.26 bits per heavy atom. The largest absolute Gasteiger partial charge is 0.339 e. The first-order chi connectivity index (χ1) is 8.91. The topological polar surface area (TPSA) is 80.5 Å². The van der Waals surface area contributed by atoms with E-state index in [0.29, 0.717) is 0 Å². The van der Waals surface area contributed by atoms with Crippen LogP contribution in [0.15, 0.2) is 29.2 Å². The fraction of sp³-hybridized carbons (Fsp3) is 0.462. The van der Waals surface area contributed by atoms with Crippen LogP contribution in [0.2, 0.25) is 0 Å². The lowest BCUT2D eigenvalue weighted by molar-refractivity contribution is 0.0731. The lowest BCUT2D eigenvalue weighted by atomic mass is 10.1. The van der Waals surface area contributed by atoms with Crippen LogP contribution in [0.3, 0.4) is 0 Å². The first-order valence-corrected chi connectivity index (χ1v) is 7.85. The smallest absolute Gasteiger partial charge is 0.255 e. The van der Waals surface area contributed by atoms with Gasteiger partial charge in [0.25, 0.3) is 5.91 Å². The van der Waals surface area contributed by atoms with E-state index in [-0.39, 0.29) is 22.4 Å². The number of carbonyl (C=O) groups excluding carboxylic acids is 1. The van der Waals surface area contributed by atoms with Crippen LogP contribution in [0.1, 0.15) is 36.0 Å². The van der Waals surface area contributed by atoms with Crippen molar-refractivity contribution in [1.29, 1.82) is 0 Å². The van der Waals surface area contributed by atoms with E-state index >= 15 is 0 Å². The third-order valence-corrected chi connectivity index (χ3v) is 4.59. The van der Waals surface area contributed by atoms with E-state index < -0.39 is 10.0 Å². The lowest BCUT2D eigenvalue weighted by Gasteiger charge is -2.25. The van der Waals surface area contributed by atoms with Crippen LogP contribution in [-0.2, 0) is 10.0 Å².